The quantitative estimate of drug-likeness (QED) is 0.744. The van der Waals surface area contributed by atoms with Crippen LogP contribution in [0, 0.1) is 5.92 Å². The Morgan fingerprint density at radius 1 is 1.24 bits per heavy atom. The Morgan fingerprint density at radius 2 is 1.92 bits per heavy atom. The molecule has 1 aromatic carbocycles. The Morgan fingerprint density at radius 3 is 2.52 bits per heavy atom. The summed E-state index contributed by atoms with van der Waals surface area (Å²) in [7, 11) is 0. The SMILES string of the molecule is CC(=O)O[C@@H]1CC2[C@](C)(O)CCC[C@]2(C)c2ccc(C(C)(C)C)cc21. The summed E-state index contributed by atoms with van der Waals surface area (Å²) >= 11 is 0. The minimum Gasteiger partial charge on any atom is -0.458 e. The van der Waals surface area contributed by atoms with E-state index in [1.165, 1.54) is 18.1 Å². The van der Waals surface area contributed by atoms with Crippen molar-refractivity contribution in [2.45, 2.75) is 89.8 Å². The zero-order chi connectivity index (χ0) is 18.6. The number of aliphatic hydroxyl groups is 1. The van der Waals surface area contributed by atoms with Crippen molar-refractivity contribution >= 4 is 5.97 Å². The second kappa shape index (κ2) is 5.84. The molecule has 4 atom stereocenters. The van der Waals surface area contributed by atoms with Crippen LogP contribution in [0.4, 0.5) is 0 Å². The van der Waals surface area contributed by atoms with E-state index in [9.17, 15) is 9.90 Å². The van der Waals surface area contributed by atoms with Gasteiger partial charge in [0.25, 0.3) is 0 Å². The molecule has 1 saturated carbocycles. The molecule has 1 fully saturated rings. The third-order valence-electron chi connectivity index (χ3n) is 6.54. The number of hydrogen-bond donors (Lipinski definition) is 1. The van der Waals surface area contributed by atoms with Gasteiger partial charge < -0.3 is 9.84 Å². The van der Waals surface area contributed by atoms with Crippen LogP contribution in [-0.4, -0.2) is 16.7 Å². The molecule has 138 valence electrons. The Kier molecular flexibility index (Phi) is 4.31. The van der Waals surface area contributed by atoms with Crippen molar-refractivity contribution in [3.05, 3.63) is 34.9 Å². The highest BCUT2D eigenvalue weighted by molar-refractivity contribution is 5.66. The van der Waals surface area contributed by atoms with Gasteiger partial charge in [-0.05, 0) is 60.1 Å². The van der Waals surface area contributed by atoms with Gasteiger partial charge in [-0.2, -0.15) is 0 Å². The smallest absolute Gasteiger partial charge is 0.303 e. The molecule has 2 aliphatic carbocycles. The first-order chi connectivity index (χ1) is 11.4. The van der Waals surface area contributed by atoms with Crippen LogP contribution in [-0.2, 0) is 20.4 Å². The van der Waals surface area contributed by atoms with Crippen molar-refractivity contribution in [3.8, 4) is 0 Å². The van der Waals surface area contributed by atoms with Crippen LogP contribution < -0.4 is 0 Å². The van der Waals surface area contributed by atoms with Crippen molar-refractivity contribution in [2.24, 2.45) is 5.92 Å². The van der Waals surface area contributed by atoms with Crippen molar-refractivity contribution < 1.29 is 14.6 Å². The summed E-state index contributed by atoms with van der Waals surface area (Å²) < 4.78 is 5.72. The van der Waals surface area contributed by atoms with Crippen molar-refractivity contribution in [3.63, 3.8) is 0 Å². The highest BCUT2D eigenvalue weighted by Crippen LogP contribution is 2.57. The van der Waals surface area contributed by atoms with E-state index in [4.69, 9.17) is 4.74 Å². The molecule has 1 aromatic rings. The standard InChI is InChI=1S/C22H32O3/c1-14(23)25-18-13-19-21(5,10-7-11-22(19,6)24)17-9-8-15(12-16(17)18)20(2,3)4/h8-9,12,18-19,24H,7,10-11,13H2,1-6H3/t18-,19?,21-,22-/m1/s1. The number of carbonyl (C=O) groups excluding carboxylic acids is 1. The number of benzene rings is 1. The first-order valence-corrected chi connectivity index (χ1v) is 9.50. The first-order valence-electron chi connectivity index (χ1n) is 9.50. The van der Waals surface area contributed by atoms with Gasteiger partial charge in [-0.3, -0.25) is 4.79 Å². The number of rotatable bonds is 1. The van der Waals surface area contributed by atoms with Gasteiger partial charge in [-0.25, -0.2) is 0 Å². The fourth-order valence-corrected chi connectivity index (χ4v) is 5.15. The van der Waals surface area contributed by atoms with Crippen molar-refractivity contribution in [1.29, 1.82) is 0 Å². The summed E-state index contributed by atoms with van der Waals surface area (Å²) in [6.07, 6.45) is 3.35. The van der Waals surface area contributed by atoms with Gasteiger partial charge in [0, 0.05) is 12.8 Å². The summed E-state index contributed by atoms with van der Waals surface area (Å²) in [6, 6.07) is 6.66. The Balaban J connectivity index is 2.16. The van der Waals surface area contributed by atoms with Gasteiger partial charge in [0.2, 0.25) is 0 Å². The van der Waals surface area contributed by atoms with Gasteiger partial charge in [0.15, 0.2) is 0 Å². The number of carbonyl (C=O) groups is 1. The van der Waals surface area contributed by atoms with Gasteiger partial charge in [-0.1, -0.05) is 45.9 Å². The monoisotopic (exact) mass is 344 g/mol. The normalized spacial score (nSPS) is 34.8. The summed E-state index contributed by atoms with van der Waals surface area (Å²) in [6.45, 7) is 12.3. The molecule has 1 N–H and O–H groups in total. The van der Waals surface area contributed by atoms with E-state index in [0.717, 1.165) is 24.8 Å². The number of esters is 1. The predicted octanol–water partition coefficient (Wildman–Crippen LogP) is 4.80. The molecule has 0 heterocycles. The molecule has 0 aromatic heterocycles. The van der Waals surface area contributed by atoms with Crippen molar-refractivity contribution in [1.82, 2.24) is 0 Å². The fraction of sp³-hybridized carbons (Fsp3) is 0.682. The van der Waals surface area contributed by atoms with E-state index in [-0.39, 0.29) is 28.8 Å². The largest absolute Gasteiger partial charge is 0.458 e. The molecule has 3 heteroatoms. The third kappa shape index (κ3) is 3.12. The van der Waals surface area contributed by atoms with Crippen LogP contribution in [0.15, 0.2) is 18.2 Å². The maximum Gasteiger partial charge on any atom is 0.303 e. The van der Waals surface area contributed by atoms with E-state index in [0.29, 0.717) is 6.42 Å². The Hall–Kier alpha value is -1.35. The average molecular weight is 344 g/mol. The fourth-order valence-electron chi connectivity index (χ4n) is 5.15. The van der Waals surface area contributed by atoms with Crippen LogP contribution in [0.2, 0.25) is 0 Å². The van der Waals surface area contributed by atoms with Crippen LogP contribution in [0.3, 0.4) is 0 Å². The molecule has 2 aliphatic rings. The highest BCUT2D eigenvalue weighted by Gasteiger charge is 2.53. The predicted molar refractivity (Wildman–Crippen MR) is 99.6 cm³/mol. The summed E-state index contributed by atoms with van der Waals surface area (Å²) in [4.78, 5) is 11.7. The highest BCUT2D eigenvalue weighted by atomic mass is 16.5. The van der Waals surface area contributed by atoms with Crippen LogP contribution in [0.25, 0.3) is 0 Å². The lowest BCUT2D eigenvalue weighted by Crippen LogP contribution is -2.53. The second-order valence-electron chi connectivity index (χ2n) is 9.57. The molecular formula is C22H32O3. The van der Waals surface area contributed by atoms with Gasteiger partial charge in [0.1, 0.15) is 6.10 Å². The molecule has 25 heavy (non-hydrogen) atoms. The van der Waals surface area contributed by atoms with E-state index in [2.05, 4.69) is 45.9 Å². The van der Waals surface area contributed by atoms with Crippen LogP contribution in [0.1, 0.15) is 90.0 Å². The van der Waals surface area contributed by atoms with Gasteiger partial charge >= 0.3 is 5.97 Å². The second-order valence-corrected chi connectivity index (χ2v) is 9.57. The lowest BCUT2D eigenvalue weighted by molar-refractivity contribution is -0.153. The molecule has 0 spiro atoms. The van der Waals surface area contributed by atoms with Crippen LogP contribution >= 0.6 is 0 Å². The molecular weight excluding hydrogens is 312 g/mol. The lowest BCUT2D eigenvalue weighted by Gasteiger charge is -2.54. The molecule has 0 amide bonds. The molecule has 0 aliphatic heterocycles. The van der Waals surface area contributed by atoms with E-state index >= 15 is 0 Å². The Bertz CT molecular complexity index is 683. The molecule has 1 unspecified atom stereocenters. The van der Waals surface area contributed by atoms with Gasteiger partial charge in [0.05, 0.1) is 5.60 Å². The Labute approximate surface area is 151 Å². The molecule has 0 saturated heterocycles. The van der Waals surface area contributed by atoms with Crippen LogP contribution in [0.5, 0.6) is 0 Å². The minimum atomic E-state index is -0.716. The molecule has 0 bridgehead atoms. The third-order valence-corrected chi connectivity index (χ3v) is 6.54. The minimum absolute atomic E-state index is 0.0472. The topological polar surface area (TPSA) is 46.5 Å². The summed E-state index contributed by atoms with van der Waals surface area (Å²) in [5, 5.41) is 11.1. The summed E-state index contributed by atoms with van der Waals surface area (Å²) in [5.41, 5.74) is 2.91. The van der Waals surface area contributed by atoms with Crippen molar-refractivity contribution in [2.75, 3.05) is 0 Å². The summed E-state index contributed by atoms with van der Waals surface area (Å²) in [5.74, 6) is -0.151. The zero-order valence-electron chi connectivity index (χ0n) is 16.5. The number of fused-ring (bicyclic) bond motifs is 3. The van der Waals surface area contributed by atoms with E-state index < -0.39 is 5.60 Å². The maximum atomic E-state index is 11.7. The lowest BCUT2D eigenvalue weighted by atomic mass is 9.53. The average Bonchev–Trinajstić information content (AvgIpc) is 2.47. The first kappa shape index (κ1) is 18.4. The molecule has 3 nitrogen and oxygen atoms in total. The van der Waals surface area contributed by atoms with E-state index in [1.54, 1.807) is 0 Å². The number of ether oxygens (including phenoxy) is 1. The maximum absolute atomic E-state index is 11.7. The molecule has 0 radical (unpaired) electrons. The zero-order valence-corrected chi connectivity index (χ0v) is 16.5. The molecule has 3 rings (SSSR count). The van der Waals surface area contributed by atoms with E-state index in [1.807, 2.05) is 6.92 Å². The van der Waals surface area contributed by atoms with Gasteiger partial charge in [-0.15, -0.1) is 0 Å². The number of hydrogen-bond acceptors (Lipinski definition) is 3.